The van der Waals surface area contributed by atoms with Crippen molar-refractivity contribution >= 4 is 22.9 Å². The fraction of sp³-hybridized carbons (Fsp3) is 0.211. The zero-order valence-corrected chi connectivity index (χ0v) is 14.7. The third kappa shape index (κ3) is 5.34. The standard InChI is InChI=1S/C19H20N4O3/c1-14(16-6-3-7-17(12-16)23(25)26)11-18(20-2)19(24)22-10-8-15-5-4-9-21-13-15/h3-7,9,11-13H,8,10H2,1-2H3,(H,22,24)/b14-11+,20-18?. The van der Waals surface area contributed by atoms with Crippen molar-refractivity contribution < 1.29 is 9.72 Å². The Labute approximate surface area is 151 Å². The number of carbonyl (C=O) groups excluding carboxylic acids is 1. The number of nitro groups is 1. The van der Waals surface area contributed by atoms with Crippen molar-refractivity contribution in [2.45, 2.75) is 13.3 Å². The van der Waals surface area contributed by atoms with Crippen molar-refractivity contribution in [1.82, 2.24) is 10.3 Å². The van der Waals surface area contributed by atoms with Gasteiger partial charge >= 0.3 is 0 Å². The van der Waals surface area contributed by atoms with Crippen LogP contribution in [0.5, 0.6) is 0 Å². The SMILES string of the molecule is CN=C(/C=C(\C)c1cccc([N+](=O)[O-])c1)C(=O)NCCc1cccnc1. The van der Waals surface area contributed by atoms with E-state index in [1.807, 2.05) is 12.1 Å². The van der Waals surface area contributed by atoms with Gasteiger partial charge in [-0.15, -0.1) is 0 Å². The van der Waals surface area contributed by atoms with E-state index < -0.39 is 4.92 Å². The zero-order valence-electron chi connectivity index (χ0n) is 14.7. The van der Waals surface area contributed by atoms with Crippen molar-refractivity contribution in [2.24, 2.45) is 4.99 Å². The first-order valence-electron chi connectivity index (χ1n) is 8.08. The molecule has 0 saturated heterocycles. The maximum atomic E-state index is 12.3. The molecule has 0 radical (unpaired) electrons. The fourth-order valence-electron chi connectivity index (χ4n) is 2.34. The number of rotatable bonds is 7. The molecule has 0 aliphatic rings. The number of nitro benzene ring substituents is 1. The van der Waals surface area contributed by atoms with Gasteiger partial charge in [0.2, 0.25) is 0 Å². The summed E-state index contributed by atoms with van der Waals surface area (Å²) in [6, 6.07) is 10.1. The van der Waals surface area contributed by atoms with Crippen molar-refractivity contribution in [3.05, 3.63) is 76.1 Å². The highest BCUT2D eigenvalue weighted by atomic mass is 16.6. The lowest BCUT2D eigenvalue weighted by molar-refractivity contribution is -0.384. The minimum Gasteiger partial charge on any atom is -0.350 e. The summed E-state index contributed by atoms with van der Waals surface area (Å²) in [4.78, 5) is 30.8. The lowest BCUT2D eigenvalue weighted by Gasteiger charge is -2.07. The van der Waals surface area contributed by atoms with Gasteiger partial charge in [-0.25, -0.2) is 0 Å². The van der Waals surface area contributed by atoms with E-state index in [9.17, 15) is 14.9 Å². The van der Waals surface area contributed by atoms with Crippen molar-refractivity contribution in [1.29, 1.82) is 0 Å². The van der Waals surface area contributed by atoms with E-state index in [2.05, 4.69) is 15.3 Å². The summed E-state index contributed by atoms with van der Waals surface area (Å²) in [7, 11) is 1.53. The van der Waals surface area contributed by atoms with Crippen molar-refractivity contribution in [3.8, 4) is 0 Å². The Kier molecular flexibility index (Phi) is 6.73. The maximum absolute atomic E-state index is 12.3. The normalized spacial score (nSPS) is 11.9. The van der Waals surface area contributed by atoms with Gasteiger partial charge in [-0.2, -0.15) is 0 Å². The van der Waals surface area contributed by atoms with Crippen LogP contribution in [0.25, 0.3) is 5.57 Å². The molecular weight excluding hydrogens is 332 g/mol. The molecular formula is C19H20N4O3. The molecule has 0 fully saturated rings. The molecule has 2 aromatic rings. The summed E-state index contributed by atoms with van der Waals surface area (Å²) in [6.45, 7) is 2.25. The summed E-state index contributed by atoms with van der Waals surface area (Å²) in [5, 5.41) is 13.7. The van der Waals surface area contributed by atoms with E-state index in [4.69, 9.17) is 0 Å². The van der Waals surface area contributed by atoms with Crippen LogP contribution in [0.4, 0.5) is 5.69 Å². The molecule has 1 N–H and O–H groups in total. The van der Waals surface area contributed by atoms with Crippen LogP contribution in [0.15, 0.2) is 59.9 Å². The van der Waals surface area contributed by atoms with Gasteiger partial charge in [0.15, 0.2) is 0 Å². The van der Waals surface area contributed by atoms with E-state index in [0.717, 1.165) is 11.1 Å². The molecule has 1 amide bonds. The molecule has 0 aliphatic carbocycles. The molecule has 7 heteroatoms. The topological polar surface area (TPSA) is 97.5 Å². The summed E-state index contributed by atoms with van der Waals surface area (Å²) < 4.78 is 0. The lowest BCUT2D eigenvalue weighted by Crippen LogP contribution is -2.31. The third-order valence-electron chi connectivity index (χ3n) is 3.76. The number of aromatic nitrogens is 1. The number of nitrogens with one attached hydrogen (secondary N) is 1. The van der Waals surface area contributed by atoms with E-state index >= 15 is 0 Å². The Morgan fingerprint density at radius 1 is 1.35 bits per heavy atom. The van der Waals surface area contributed by atoms with E-state index in [1.54, 1.807) is 37.5 Å². The molecule has 134 valence electrons. The lowest BCUT2D eigenvalue weighted by atomic mass is 10.0. The second kappa shape index (κ2) is 9.22. The first-order chi connectivity index (χ1) is 12.5. The Hall–Kier alpha value is -3.35. The molecule has 0 atom stereocenters. The maximum Gasteiger partial charge on any atom is 0.270 e. The van der Waals surface area contributed by atoms with Crippen molar-refractivity contribution in [3.63, 3.8) is 0 Å². The molecule has 7 nitrogen and oxygen atoms in total. The van der Waals surface area contributed by atoms with Crippen LogP contribution in [0.2, 0.25) is 0 Å². The van der Waals surface area contributed by atoms with E-state index in [-0.39, 0.29) is 17.3 Å². The Morgan fingerprint density at radius 2 is 2.15 bits per heavy atom. The molecule has 0 spiro atoms. The predicted octanol–water partition coefficient (Wildman–Crippen LogP) is 2.82. The van der Waals surface area contributed by atoms with Gasteiger partial charge in [-0.1, -0.05) is 18.2 Å². The van der Waals surface area contributed by atoms with E-state index in [0.29, 0.717) is 18.5 Å². The van der Waals surface area contributed by atoms with Gasteiger partial charge in [0, 0.05) is 38.1 Å². The van der Waals surface area contributed by atoms with Crippen LogP contribution >= 0.6 is 0 Å². The Bertz CT molecular complexity index is 845. The molecule has 2 rings (SSSR count). The smallest absolute Gasteiger partial charge is 0.270 e. The van der Waals surface area contributed by atoms with Crippen LogP contribution in [0, 0.1) is 10.1 Å². The number of hydrogen-bond donors (Lipinski definition) is 1. The zero-order chi connectivity index (χ0) is 18.9. The minimum atomic E-state index is -0.448. The highest BCUT2D eigenvalue weighted by Crippen LogP contribution is 2.19. The fourth-order valence-corrected chi connectivity index (χ4v) is 2.34. The van der Waals surface area contributed by atoms with Gasteiger partial charge in [-0.05, 0) is 42.2 Å². The number of nitrogens with zero attached hydrogens (tertiary/aromatic N) is 3. The number of pyridine rings is 1. The highest BCUT2D eigenvalue weighted by Gasteiger charge is 2.11. The number of amides is 1. The second-order valence-corrected chi connectivity index (χ2v) is 5.61. The van der Waals surface area contributed by atoms with Crippen molar-refractivity contribution in [2.75, 3.05) is 13.6 Å². The first-order valence-corrected chi connectivity index (χ1v) is 8.08. The number of carbonyl (C=O) groups is 1. The molecule has 26 heavy (non-hydrogen) atoms. The highest BCUT2D eigenvalue weighted by molar-refractivity contribution is 6.44. The van der Waals surface area contributed by atoms with Crippen LogP contribution in [0.3, 0.4) is 0 Å². The average molecular weight is 352 g/mol. The van der Waals surface area contributed by atoms with Crippen LogP contribution in [-0.4, -0.2) is 35.1 Å². The molecule has 0 saturated carbocycles. The summed E-state index contributed by atoms with van der Waals surface area (Å²) in [5.74, 6) is -0.291. The number of hydrogen-bond acceptors (Lipinski definition) is 5. The summed E-state index contributed by atoms with van der Waals surface area (Å²) in [6.07, 6.45) is 5.75. The Balaban J connectivity index is 2.02. The molecule has 0 unspecified atom stereocenters. The quantitative estimate of drug-likeness (QED) is 0.471. The molecule has 1 aromatic heterocycles. The molecule has 0 bridgehead atoms. The number of non-ortho nitro benzene ring substituents is 1. The number of allylic oxidation sites excluding steroid dienone is 1. The van der Waals surface area contributed by atoms with Crippen LogP contribution in [-0.2, 0) is 11.2 Å². The Morgan fingerprint density at radius 3 is 2.81 bits per heavy atom. The second-order valence-electron chi connectivity index (χ2n) is 5.61. The van der Waals surface area contributed by atoms with Gasteiger partial charge in [0.1, 0.15) is 5.71 Å². The number of benzene rings is 1. The first kappa shape index (κ1) is 19.0. The molecule has 0 aliphatic heterocycles. The van der Waals surface area contributed by atoms with Gasteiger partial charge < -0.3 is 5.32 Å². The predicted molar refractivity (Wildman–Crippen MR) is 101 cm³/mol. The van der Waals surface area contributed by atoms with Crippen LogP contribution in [0.1, 0.15) is 18.1 Å². The average Bonchev–Trinajstić information content (AvgIpc) is 2.66. The third-order valence-corrected chi connectivity index (χ3v) is 3.76. The van der Waals surface area contributed by atoms with Gasteiger partial charge in [-0.3, -0.25) is 24.9 Å². The summed E-state index contributed by atoms with van der Waals surface area (Å²) in [5.41, 5.74) is 2.69. The summed E-state index contributed by atoms with van der Waals surface area (Å²) >= 11 is 0. The molecule has 1 aromatic carbocycles. The number of aliphatic imine (C=N–C) groups is 1. The van der Waals surface area contributed by atoms with E-state index in [1.165, 1.54) is 19.2 Å². The monoisotopic (exact) mass is 352 g/mol. The minimum absolute atomic E-state index is 0.00570. The largest absolute Gasteiger partial charge is 0.350 e. The molecule has 1 heterocycles. The van der Waals surface area contributed by atoms with Gasteiger partial charge in [0.05, 0.1) is 4.92 Å². The van der Waals surface area contributed by atoms with Crippen LogP contribution < -0.4 is 5.32 Å². The van der Waals surface area contributed by atoms with Gasteiger partial charge in [0.25, 0.3) is 11.6 Å².